The van der Waals surface area contributed by atoms with Gasteiger partial charge >= 0.3 is 0 Å². The molecule has 0 amide bonds. The van der Waals surface area contributed by atoms with Gasteiger partial charge in [-0.3, -0.25) is 9.59 Å². The van der Waals surface area contributed by atoms with E-state index in [2.05, 4.69) is 10.6 Å². The van der Waals surface area contributed by atoms with Gasteiger partial charge < -0.3 is 30.3 Å². The third-order valence-electron chi connectivity index (χ3n) is 8.63. The molecule has 260 valence electrons. The number of ether oxygens (including phenoxy) is 2. The van der Waals surface area contributed by atoms with Crippen LogP contribution in [-0.4, -0.2) is 48.1 Å². The van der Waals surface area contributed by atoms with Crippen LogP contribution in [0.15, 0.2) is 96.3 Å². The summed E-state index contributed by atoms with van der Waals surface area (Å²) >= 11 is 0. The molecule has 0 saturated heterocycles. The van der Waals surface area contributed by atoms with Crippen LogP contribution in [0.3, 0.4) is 0 Å². The SMILES string of the molecule is CC(=O)/C=C(\C)NCCOc1c2cccc1Cc1cccc(c1O)Cc1cccc(c1OCCN/C(C)=C/C(C)=O)Cc1cccc(c1O)C2. The van der Waals surface area contributed by atoms with Crippen LogP contribution < -0.4 is 20.1 Å². The molecule has 0 fully saturated rings. The Morgan fingerprint density at radius 2 is 0.820 bits per heavy atom. The number of fused-ring (bicyclic) bond motifs is 8. The lowest BCUT2D eigenvalue weighted by molar-refractivity contribution is -0.113. The maximum Gasteiger partial charge on any atom is 0.154 e. The molecule has 0 spiro atoms. The van der Waals surface area contributed by atoms with Crippen molar-refractivity contribution >= 4 is 11.6 Å². The lowest BCUT2D eigenvalue weighted by atomic mass is 9.91. The van der Waals surface area contributed by atoms with Gasteiger partial charge in [-0.2, -0.15) is 0 Å². The van der Waals surface area contributed by atoms with Crippen molar-refractivity contribution in [3.8, 4) is 23.0 Å². The average Bonchev–Trinajstić information content (AvgIpc) is 3.05. The molecule has 0 unspecified atom stereocenters. The molecule has 0 saturated carbocycles. The lowest BCUT2D eigenvalue weighted by Crippen LogP contribution is -2.20. The Kier molecular flexibility index (Phi) is 12.0. The first-order valence-corrected chi connectivity index (χ1v) is 17.0. The number of allylic oxidation sites excluding steroid dienone is 4. The van der Waals surface area contributed by atoms with Crippen molar-refractivity contribution in [1.82, 2.24) is 10.6 Å². The normalized spacial score (nSPS) is 13.0. The number of aromatic hydroxyl groups is 2. The van der Waals surface area contributed by atoms with Gasteiger partial charge in [0.25, 0.3) is 0 Å². The number of ketones is 2. The first-order chi connectivity index (χ1) is 24.1. The maximum atomic E-state index is 11.6. The molecule has 0 aromatic heterocycles. The molecule has 1 aliphatic rings. The number of hydrogen-bond donors (Lipinski definition) is 4. The highest BCUT2D eigenvalue weighted by atomic mass is 16.5. The molecule has 8 bridgehead atoms. The molecule has 8 heteroatoms. The summed E-state index contributed by atoms with van der Waals surface area (Å²) in [5.74, 6) is 1.85. The highest BCUT2D eigenvalue weighted by molar-refractivity contribution is 5.88. The number of carbonyl (C=O) groups is 2. The zero-order valence-electron chi connectivity index (χ0n) is 29.3. The molecule has 4 aromatic carbocycles. The van der Waals surface area contributed by atoms with Gasteiger partial charge in [-0.1, -0.05) is 72.8 Å². The van der Waals surface area contributed by atoms with E-state index >= 15 is 0 Å². The number of phenols is 2. The summed E-state index contributed by atoms with van der Waals surface area (Å²) in [5, 5.41) is 29.7. The zero-order chi connectivity index (χ0) is 35.6. The predicted octanol–water partition coefficient (Wildman–Crippen LogP) is 6.70. The predicted molar refractivity (Wildman–Crippen MR) is 196 cm³/mol. The van der Waals surface area contributed by atoms with Gasteiger partial charge in [-0.05, 0) is 84.4 Å². The second-order valence-corrected chi connectivity index (χ2v) is 12.8. The van der Waals surface area contributed by atoms with E-state index in [1.165, 1.54) is 13.8 Å². The molecule has 5 rings (SSSR count). The average molecular weight is 675 g/mol. The molecule has 1 aliphatic carbocycles. The fourth-order valence-electron chi connectivity index (χ4n) is 6.40. The van der Waals surface area contributed by atoms with Crippen LogP contribution in [0.5, 0.6) is 23.0 Å². The standard InChI is InChI=1S/C42H46N2O6/c1-27(21-29(3)45)43-17-19-49-41-35-13-7-14-36(41)24-32-10-6-12-34(40(32)48)26-38-16-8-15-37(25-33-11-5-9-31(23-35)39(33)47)42(38)50-20-18-44-28(2)22-30(4)46/h5-16,21-22,43-44,47-48H,17-20,23-26H2,1-4H3/b27-21+,28-22+. The summed E-state index contributed by atoms with van der Waals surface area (Å²) in [7, 11) is 0. The van der Waals surface area contributed by atoms with Crippen molar-refractivity contribution in [1.29, 1.82) is 0 Å². The smallest absolute Gasteiger partial charge is 0.154 e. The number of hydrogen-bond acceptors (Lipinski definition) is 8. The Hall–Kier alpha value is -5.50. The van der Waals surface area contributed by atoms with E-state index in [-0.39, 0.29) is 23.1 Å². The number of para-hydroxylation sites is 4. The molecule has 0 heterocycles. The van der Waals surface area contributed by atoms with E-state index in [9.17, 15) is 19.8 Å². The number of rotatable bonds is 12. The van der Waals surface area contributed by atoms with Gasteiger partial charge in [-0.15, -0.1) is 0 Å². The summed E-state index contributed by atoms with van der Waals surface area (Å²) < 4.78 is 12.9. The van der Waals surface area contributed by atoms with Gasteiger partial charge in [0.05, 0.1) is 0 Å². The first kappa shape index (κ1) is 35.8. The number of phenolic OH excluding ortho intramolecular Hbond substituents is 2. The highest BCUT2D eigenvalue weighted by Crippen LogP contribution is 2.38. The minimum atomic E-state index is -0.0224. The van der Waals surface area contributed by atoms with Crippen LogP contribution in [0.1, 0.15) is 72.2 Å². The Balaban J connectivity index is 1.52. The van der Waals surface area contributed by atoms with Crippen LogP contribution in [0.2, 0.25) is 0 Å². The van der Waals surface area contributed by atoms with Crippen LogP contribution >= 0.6 is 0 Å². The quantitative estimate of drug-likeness (QED) is 0.0854. The van der Waals surface area contributed by atoms with Crippen molar-refractivity contribution in [2.45, 2.75) is 53.4 Å². The molecule has 4 aromatic rings. The number of nitrogens with one attached hydrogen (secondary N) is 2. The second kappa shape index (κ2) is 16.7. The fraction of sp³-hybridized carbons (Fsp3) is 0.286. The molecule has 0 atom stereocenters. The summed E-state index contributed by atoms with van der Waals surface area (Å²) in [6.07, 6.45) is 4.86. The Morgan fingerprint density at radius 3 is 1.10 bits per heavy atom. The topological polar surface area (TPSA) is 117 Å². The van der Waals surface area contributed by atoms with E-state index in [0.717, 1.165) is 55.9 Å². The maximum absolute atomic E-state index is 11.6. The van der Waals surface area contributed by atoms with E-state index in [1.807, 2.05) is 86.6 Å². The van der Waals surface area contributed by atoms with Crippen molar-refractivity contribution in [2.24, 2.45) is 0 Å². The number of carbonyl (C=O) groups excluding carboxylic acids is 2. The van der Waals surface area contributed by atoms with E-state index < -0.39 is 0 Å². The van der Waals surface area contributed by atoms with Crippen molar-refractivity contribution < 1.29 is 29.3 Å². The largest absolute Gasteiger partial charge is 0.507 e. The lowest BCUT2D eigenvalue weighted by Gasteiger charge is -2.21. The molecule has 0 aliphatic heterocycles. The molecular weight excluding hydrogens is 628 g/mol. The van der Waals surface area contributed by atoms with Gasteiger partial charge in [-0.25, -0.2) is 0 Å². The summed E-state index contributed by atoms with van der Waals surface area (Å²) in [4.78, 5) is 22.9. The minimum absolute atomic E-state index is 0.0224. The second-order valence-electron chi connectivity index (χ2n) is 12.8. The van der Waals surface area contributed by atoms with Crippen molar-refractivity contribution in [3.05, 3.63) is 141 Å². The molecule has 50 heavy (non-hydrogen) atoms. The number of benzene rings is 4. The molecular formula is C42H46N2O6. The zero-order valence-corrected chi connectivity index (χ0v) is 29.3. The first-order valence-electron chi connectivity index (χ1n) is 17.0. The van der Waals surface area contributed by atoms with Crippen molar-refractivity contribution in [3.63, 3.8) is 0 Å². The van der Waals surface area contributed by atoms with Crippen LogP contribution in [0, 0.1) is 0 Å². The third-order valence-corrected chi connectivity index (χ3v) is 8.63. The van der Waals surface area contributed by atoms with Crippen LogP contribution in [0.4, 0.5) is 0 Å². The molecule has 0 radical (unpaired) electrons. The summed E-state index contributed by atoms with van der Waals surface area (Å²) in [5.41, 5.74) is 8.31. The monoisotopic (exact) mass is 674 g/mol. The Morgan fingerprint density at radius 1 is 0.540 bits per heavy atom. The minimum Gasteiger partial charge on any atom is -0.507 e. The summed E-state index contributed by atoms with van der Waals surface area (Å²) in [6, 6.07) is 23.7. The van der Waals surface area contributed by atoms with Crippen LogP contribution in [-0.2, 0) is 35.3 Å². The third kappa shape index (κ3) is 9.35. The fourth-order valence-corrected chi connectivity index (χ4v) is 6.40. The van der Waals surface area contributed by atoms with Crippen molar-refractivity contribution in [2.75, 3.05) is 26.3 Å². The highest BCUT2D eigenvalue weighted by Gasteiger charge is 2.20. The van der Waals surface area contributed by atoms with E-state index in [0.29, 0.717) is 63.5 Å². The van der Waals surface area contributed by atoms with Gasteiger partial charge in [0.15, 0.2) is 11.6 Å². The van der Waals surface area contributed by atoms with Gasteiger partial charge in [0.2, 0.25) is 0 Å². The van der Waals surface area contributed by atoms with E-state index in [1.54, 1.807) is 12.2 Å². The summed E-state index contributed by atoms with van der Waals surface area (Å²) in [6.45, 7) is 8.43. The molecule has 8 nitrogen and oxygen atoms in total. The van der Waals surface area contributed by atoms with Gasteiger partial charge in [0, 0.05) is 50.2 Å². The van der Waals surface area contributed by atoms with Crippen LogP contribution in [0.25, 0.3) is 0 Å². The van der Waals surface area contributed by atoms with E-state index in [4.69, 9.17) is 9.47 Å². The molecule has 4 N–H and O–H groups in total. The Labute approximate surface area is 294 Å². The van der Waals surface area contributed by atoms with Gasteiger partial charge in [0.1, 0.15) is 36.2 Å². The Bertz CT molecular complexity index is 1700.